The molecule has 5 nitrogen and oxygen atoms in total. The lowest BCUT2D eigenvalue weighted by Gasteiger charge is -2.34. The summed E-state index contributed by atoms with van der Waals surface area (Å²) in [7, 11) is 1.59. The second-order valence-electron chi connectivity index (χ2n) is 4.88. The Balaban J connectivity index is 2.73. The van der Waals surface area contributed by atoms with E-state index in [9.17, 15) is 9.59 Å². The molecule has 1 rings (SSSR count). The van der Waals surface area contributed by atoms with Crippen LogP contribution in [0.15, 0.2) is 0 Å². The Morgan fingerprint density at radius 2 is 1.83 bits per heavy atom. The van der Waals surface area contributed by atoms with Crippen molar-refractivity contribution < 1.29 is 14.7 Å². The van der Waals surface area contributed by atoms with Gasteiger partial charge in [-0.15, -0.1) is 0 Å². The van der Waals surface area contributed by atoms with Gasteiger partial charge in [-0.3, -0.25) is 0 Å². The topological polar surface area (TPSA) is 60.9 Å². The summed E-state index contributed by atoms with van der Waals surface area (Å²) in [4.78, 5) is 26.6. The predicted molar refractivity (Wildman–Crippen MR) is 69.5 cm³/mol. The predicted octanol–water partition coefficient (Wildman–Crippen LogP) is 2.17. The van der Waals surface area contributed by atoms with Crippen LogP contribution in [0.2, 0.25) is 0 Å². The van der Waals surface area contributed by atoms with E-state index in [0.29, 0.717) is 13.0 Å². The first-order chi connectivity index (χ1) is 8.52. The minimum Gasteiger partial charge on any atom is -0.480 e. The van der Waals surface area contributed by atoms with Gasteiger partial charge in [-0.1, -0.05) is 19.8 Å². The fourth-order valence-electron chi connectivity index (χ4n) is 2.72. The average molecular weight is 256 g/mol. The van der Waals surface area contributed by atoms with E-state index in [1.54, 1.807) is 14.0 Å². The van der Waals surface area contributed by atoms with Crippen LogP contribution in [0.25, 0.3) is 0 Å². The number of rotatable bonds is 5. The van der Waals surface area contributed by atoms with Crippen LogP contribution in [-0.2, 0) is 4.79 Å². The SMILES string of the molecule is CCC(C(=O)O)N(C)C(=O)N(CC)C1CCCC1. The van der Waals surface area contributed by atoms with Gasteiger partial charge in [-0.25, -0.2) is 9.59 Å². The van der Waals surface area contributed by atoms with Gasteiger partial charge in [0.2, 0.25) is 0 Å². The molecule has 0 aromatic rings. The van der Waals surface area contributed by atoms with Crippen LogP contribution in [0.5, 0.6) is 0 Å². The fourth-order valence-corrected chi connectivity index (χ4v) is 2.72. The third-order valence-corrected chi connectivity index (χ3v) is 3.79. The minimum absolute atomic E-state index is 0.154. The molecular formula is C13H24N2O3. The largest absolute Gasteiger partial charge is 0.480 e. The van der Waals surface area contributed by atoms with E-state index in [0.717, 1.165) is 25.7 Å². The van der Waals surface area contributed by atoms with Gasteiger partial charge in [-0.2, -0.15) is 0 Å². The molecule has 0 heterocycles. The van der Waals surface area contributed by atoms with Crippen LogP contribution in [0.3, 0.4) is 0 Å². The molecule has 2 amide bonds. The van der Waals surface area contributed by atoms with Crippen molar-refractivity contribution in [2.75, 3.05) is 13.6 Å². The number of urea groups is 1. The smallest absolute Gasteiger partial charge is 0.326 e. The molecule has 104 valence electrons. The Morgan fingerprint density at radius 1 is 1.28 bits per heavy atom. The maximum Gasteiger partial charge on any atom is 0.326 e. The Hall–Kier alpha value is -1.26. The van der Waals surface area contributed by atoms with Gasteiger partial charge in [0.1, 0.15) is 6.04 Å². The highest BCUT2D eigenvalue weighted by Crippen LogP contribution is 2.24. The van der Waals surface area contributed by atoms with Crippen LogP contribution < -0.4 is 0 Å². The van der Waals surface area contributed by atoms with E-state index >= 15 is 0 Å². The Bertz CT molecular complexity index is 301. The van der Waals surface area contributed by atoms with Crippen molar-refractivity contribution in [2.24, 2.45) is 0 Å². The van der Waals surface area contributed by atoms with Crippen LogP contribution in [-0.4, -0.2) is 52.6 Å². The number of carbonyl (C=O) groups excluding carboxylic acids is 1. The number of likely N-dealkylation sites (N-methyl/N-ethyl adjacent to an activating group) is 1. The fraction of sp³-hybridized carbons (Fsp3) is 0.846. The van der Waals surface area contributed by atoms with Crippen molar-refractivity contribution >= 4 is 12.0 Å². The summed E-state index contributed by atoms with van der Waals surface area (Å²) in [5, 5.41) is 9.10. The third-order valence-electron chi connectivity index (χ3n) is 3.79. The number of aliphatic carboxylic acids is 1. The second kappa shape index (κ2) is 6.61. The van der Waals surface area contributed by atoms with E-state index < -0.39 is 12.0 Å². The molecule has 0 aromatic carbocycles. The summed E-state index contributed by atoms with van der Waals surface area (Å²) in [6, 6.07) is -0.595. The molecule has 0 radical (unpaired) electrons. The maximum absolute atomic E-state index is 12.4. The molecule has 0 aliphatic heterocycles. The van der Waals surface area contributed by atoms with Gasteiger partial charge in [-0.05, 0) is 26.2 Å². The van der Waals surface area contributed by atoms with Crippen molar-refractivity contribution in [3.63, 3.8) is 0 Å². The van der Waals surface area contributed by atoms with E-state index in [4.69, 9.17) is 5.11 Å². The number of nitrogens with zero attached hydrogens (tertiary/aromatic N) is 2. The molecule has 18 heavy (non-hydrogen) atoms. The zero-order chi connectivity index (χ0) is 13.7. The molecule has 0 bridgehead atoms. The summed E-state index contributed by atoms with van der Waals surface area (Å²) in [6.07, 6.45) is 4.83. The number of amides is 2. The lowest BCUT2D eigenvalue weighted by atomic mass is 10.2. The molecule has 1 fully saturated rings. The third kappa shape index (κ3) is 3.15. The van der Waals surface area contributed by atoms with Gasteiger partial charge in [0.15, 0.2) is 0 Å². The lowest BCUT2D eigenvalue weighted by Crippen LogP contribution is -2.51. The first-order valence-corrected chi connectivity index (χ1v) is 6.79. The molecule has 0 aromatic heterocycles. The number of hydrogen-bond acceptors (Lipinski definition) is 2. The Morgan fingerprint density at radius 3 is 2.22 bits per heavy atom. The molecule has 0 saturated heterocycles. The first-order valence-electron chi connectivity index (χ1n) is 6.79. The molecule has 0 spiro atoms. The maximum atomic E-state index is 12.4. The van der Waals surface area contributed by atoms with Crippen LogP contribution in [0.4, 0.5) is 4.79 Å². The van der Waals surface area contributed by atoms with Crippen molar-refractivity contribution in [1.82, 2.24) is 9.80 Å². The van der Waals surface area contributed by atoms with E-state index in [-0.39, 0.29) is 12.1 Å². The van der Waals surface area contributed by atoms with Crippen LogP contribution in [0, 0.1) is 0 Å². The zero-order valence-corrected chi connectivity index (χ0v) is 11.6. The van der Waals surface area contributed by atoms with Crippen molar-refractivity contribution in [3.05, 3.63) is 0 Å². The number of hydrogen-bond donors (Lipinski definition) is 1. The molecule has 1 saturated carbocycles. The van der Waals surface area contributed by atoms with Crippen LogP contribution in [0.1, 0.15) is 46.0 Å². The monoisotopic (exact) mass is 256 g/mol. The first kappa shape index (κ1) is 14.8. The molecule has 5 heteroatoms. The highest BCUT2D eigenvalue weighted by molar-refractivity contribution is 5.82. The van der Waals surface area contributed by atoms with Gasteiger partial charge in [0.05, 0.1) is 0 Å². The van der Waals surface area contributed by atoms with Crippen molar-refractivity contribution in [1.29, 1.82) is 0 Å². The normalized spacial score (nSPS) is 17.5. The van der Waals surface area contributed by atoms with E-state index in [2.05, 4.69) is 0 Å². The number of carboxylic acids is 1. The Kier molecular flexibility index (Phi) is 5.44. The summed E-state index contributed by atoms with van der Waals surface area (Å²) in [5.74, 6) is -0.934. The van der Waals surface area contributed by atoms with Gasteiger partial charge in [0, 0.05) is 19.6 Å². The average Bonchev–Trinajstić information content (AvgIpc) is 2.83. The van der Waals surface area contributed by atoms with Crippen molar-refractivity contribution in [2.45, 2.75) is 58.0 Å². The van der Waals surface area contributed by atoms with E-state index in [1.807, 2.05) is 11.8 Å². The summed E-state index contributed by atoms with van der Waals surface area (Å²) < 4.78 is 0. The number of carboxylic acid groups (broad SMARTS) is 1. The quantitative estimate of drug-likeness (QED) is 0.820. The van der Waals surface area contributed by atoms with Gasteiger partial charge >= 0.3 is 12.0 Å². The minimum atomic E-state index is -0.934. The molecular weight excluding hydrogens is 232 g/mol. The van der Waals surface area contributed by atoms with E-state index in [1.165, 1.54) is 4.90 Å². The molecule has 1 aliphatic carbocycles. The molecule has 1 atom stereocenters. The van der Waals surface area contributed by atoms with Gasteiger partial charge in [0.25, 0.3) is 0 Å². The zero-order valence-electron chi connectivity index (χ0n) is 11.6. The molecule has 1 N–H and O–H groups in total. The standard InChI is InChI=1S/C13H24N2O3/c1-4-11(12(16)17)14(3)13(18)15(5-2)10-8-6-7-9-10/h10-11H,4-9H2,1-3H3,(H,16,17). The highest BCUT2D eigenvalue weighted by Gasteiger charge is 2.32. The summed E-state index contributed by atoms with van der Waals surface area (Å²) >= 11 is 0. The van der Waals surface area contributed by atoms with Gasteiger partial charge < -0.3 is 14.9 Å². The van der Waals surface area contributed by atoms with Crippen molar-refractivity contribution in [3.8, 4) is 0 Å². The summed E-state index contributed by atoms with van der Waals surface area (Å²) in [6.45, 7) is 4.38. The lowest BCUT2D eigenvalue weighted by molar-refractivity contribution is -0.142. The summed E-state index contributed by atoms with van der Waals surface area (Å²) in [5.41, 5.74) is 0. The van der Waals surface area contributed by atoms with Crippen LogP contribution >= 0.6 is 0 Å². The Labute approximate surface area is 109 Å². The molecule has 1 unspecified atom stereocenters. The highest BCUT2D eigenvalue weighted by atomic mass is 16.4. The number of carbonyl (C=O) groups is 2. The second-order valence-corrected chi connectivity index (χ2v) is 4.88. The molecule has 1 aliphatic rings.